The maximum absolute atomic E-state index is 12.5. The molecule has 0 aromatic heterocycles. The van der Waals surface area contributed by atoms with Crippen LogP contribution in [0.25, 0.3) is 0 Å². The Hall–Kier alpha value is -1.92. The molecule has 2 unspecified atom stereocenters. The van der Waals surface area contributed by atoms with Crippen LogP contribution in [0.1, 0.15) is 373 Å². The van der Waals surface area contributed by atoms with Gasteiger partial charge in [-0.15, -0.1) is 0 Å². The zero-order chi connectivity index (χ0) is 55.0. The number of unbranched alkanes of at least 4 members (excludes halogenated alkanes) is 47. The maximum Gasteiger partial charge on any atom is 0.305 e. The largest absolute Gasteiger partial charge is 0.466 e. The number of carbonyl (C=O) groups is 2. The number of ether oxygens (including phenoxy) is 1. The quantitative estimate of drug-likeness (QED) is 0.0320. The molecular formula is C70H133NO5. The first-order valence-electron chi connectivity index (χ1n) is 34.2. The van der Waals surface area contributed by atoms with Gasteiger partial charge in [-0.25, -0.2) is 0 Å². The zero-order valence-electron chi connectivity index (χ0n) is 51.3. The predicted octanol–water partition coefficient (Wildman–Crippen LogP) is 21.9. The number of hydrogen-bond acceptors (Lipinski definition) is 5. The monoisotopic (exact) mass is 1070 g/mol. The lowest BCUT2D eigenvalue weighted by molar-refractivity contribution is -0.143. The SMILES string of the molecule is CCCCCCCC/C=C\CCCCCCCC(=O)OCCCCCCCCCCC/C=C\C/C=C\CCCCCCCCCCCCCCCCCCCC(=O)NC(CO)C(O)CCCCCCCCCCCCC. The second-order valence-electron chi connectivity index (χ2n) is 23.5. The number of esters is 1. The van der Waals surface area contributed by atoms with Crippen molar-refractivity contribution in [2.45, 2.75) is 386 Å². The fourth-order valence-corrected chi connectivity index (χ4v) is 10.7. The van der Waals surface area contributed by atoms with E-state index in [1.165, 1.54) is 289 Å². The van der Waals surface area contributed by atoms with Crippen LogP contribution in [-0.2, 0) is 14.3 Å². The highest BCUT2D eigenvalue weighted by atomic mass is 16.5. The molecule has 0 heterocycles. The van der Waals surface area contributed by atoms with Crippen molar-refractivity contribution in [3.63, 3.8) is 0 Å². The number of aliphatic hydroxyl groups is 2. The summed E-state index contributed by atoms with van der Waals surface area (Å²) in [7, 11) is 0. The summed E-state index contributed by atoms with van der Waals surface area (Å²) < 4.78 is 5.48. The molecule has 0 spiro atoms. The Morgan fingerprint density at radius 3 is 1.01 bits per heavy atom. The van der Waals surface area contributed by atoms with Crippen LogP contribution >= 0.6 is 0 Å². The van der Waals surface area contributed by atoms with Gasteiger partial charge in [0.05, 0.1) is 25.4 Å². The van der Waals surface area contributed by atoms with Gasteiger partial charge in [-0.3, -0.25) is 9.59 Å². The summed E-state index contributed by atoms with van der Waals surface area (Å²) in [6, 6.07) is -0.539. The molecule has 1 amide bonds. The molecule has 0 bridgehead atoms. The van der Waals surface area contributed by atoms with E-state index in [0.29, 0.717) is 25.9 Å². The molecular weight excluding hydrogens is 935 g/mol. The lowest BCUT2D eigenvalue weighted by atomic mass is 10.0. The third-order valence-corrected chi connectivity index (χ3v) is 15.9. The fraction of sp³-hybridized carbons (Fsp3) is 0.886. The maximum atomic E-state index is 12.5. The first kappa shape index (κ1) is 74.1. The molecule has 76 heavy (non-hydrogen) atoms. The van der Waals surface area contributed by atoms with E-state index in [2.05, 4.69) is 55.6 Å². The summed E-state index contributed by atoms with van der Waals surface area (Å²) >= 11 is 0. The van der Waals surface area contributed by atoms with Crippen LogP contribution < -0.4 is 5.32 Å². The number of nitrogens with one attached hydrogen (secondary N) is 1. The average molecular weight is 1070 g/mol. The van der Waals surface area contributed by atoms with Crippen LogP contribution in [0.3, 0.4) is 0 Å². The van der Waals surface area contributed by atoms with Crippen molar-refractivity contribution in [1.82, 2.24) is 5.32 Å². The molecule has 0 rings (SSSR count). The molecule has 0 fully saturated rings. The highest BCUT2D eigenvalue weighted by molar-refractivity contribution is 5.76. The first-order chi connectivity index (χ1) is 37.5. The Labute approximate surface area is 474 Å². The molecule has 2 atom stereocenters. The average Bonchev–Trinajstić information content (AvgIpc) is 3.42. The highest BCUT2D eigenvalue weighted by Gasteiger charge is 2.20. The summed E-state index contributed by atoms with van der Waals surface area (Å²) in [5, 5.41) is 23.2. The number of allylic oxidation sites excluding steroid dienone is 6. The smallest absolute Gasteiger partial charge is 0.305 e. The molecule has 0 radical (unpaired) electrons. The Kier molecular flexibility index (Phi) is 63.9. The van der Waals surface area contributed by atoms with E-state index >= 15 is 0 Å². The lowest BCUT2D eigenvalue weighted by Gasteiger charge is -2.22. The van der Waals surface area contributed by atoms with E-state index in [1.54, 1.807) is 0 Å². The van der Waals surface area contributed by atoms with Crippen molar-refractivity contribution in [1.29, 1.82) is 0 Å². The summed E-state index contributed by atoms with van der Waals surface area (Å²) in [6.07, 6.45) is 83.4. The van der Waals surface area contributed by atoms with Gasteiger partial charge in [0.1, 0.15) is 0 Å². The predicted molar refractivity (Wildman–Crippen MR) is 333 cm³/mol. The van der Waals surface area contributed by atoms with Gasteiger partial charge in [0.15, 0.2) is 0 Å². The van der Waals surface area contributed by atoms with Crippen molar-refractivity contribution in [2.24, 2.45) is 0 Å². The van der Waals surface area contributed by atoms with Gasteiger partial charge < -0.3 is 20.3 Å². The minimum Gasteiger partial charge on any atom is -0.466 e. The molecule has 448 valence electrons. The number of rotatable bonds is 64. The van der Waals surface area contributed by atoms with Crippen LogP contribution in [0.5, 0.6) is 0 Å². The van der Waals surface area contributed by atoms with Gasteiger partial charge in [0, 0.05) is 12.8 Å². The van der Waals surface area contributed by atoms with Gasteiger partial charge in [0.25, 0.3) is 0 Å². The third-order valence-electron chi connectivity index (χ3n) is 15.9. The second kappa shape index (κ2) is 65.6. The summed E-state index contributed by atoms with van der Waals surface area (Å²) in [4.78, 5) is 24.5. The minimum atomic E-state index is -0.661. The Balaban J connectivity index is 3.36. The molecule has 0 aliphatic rings. The highest BCUT2D eigenvalue weighted by Crippen LogP contribution is 2.18. The van der Waals surface area contributed by atoms with Crippen molar-refractivity contribution in [3.8, 4) is 0 Å². The Bertz CT molecular complexity index is 1230. The standard InChI is InChI=1S/C70H133NO5/c1-3-5-7-9-11-13-15-16-36-40-44-48-52-56-60-64-70(75)76-65-61-57-53-49-45-41-38-35-33-31-29-27-25-23-21-19-17-18-20-22-24-26-28-30-32-34-37-39-43-47-51-55-59-63-69(74)71-67(66-72)68(73)62-58-54-50-46-42-14-12-10-8-6-4-2/h16,21,23,27,29,36,67-68,72-73H,3-15,17-20,22,24-26,28,30-35,37-66H2,1-2H3,(H,71,74)/b23-21-,29-27-,36-16-. The van der Waals surface area contributed by atoms with Gasteiger partial charge in [-0.1, -0.05) is 314 Å². The van der Waals surface area contributed by atoms with E-state index < -0.39 is 12.1 Å². The topological polar surface area (TPSA) is 95.9 Å². The fourth-order valence-electron chi connectivity index (χ4n) is 10.7. The summed E-state index contributed by atoms with van der Waals surface area (Å²) in [6.45, 7) is 4.95. The molecule has 0 aliphatic heterocycles. The van der Waals surface area contributed by atoms with Crippen LogP contribution in [0.4, 0.5) is 0 Å². The molecule has 6 heteroatoms. The number of hydrogen-bond donors (Lipinski definition) is 3. The van der Waals surface area contributed by atoms with Crippen molar-refractivity contribution in [2.75, 3.05) is 13.2 Å². The van der Waals surface area contributed by atoms with E-state index in [1.807, 2.05) is 0 Å². The van der Waals surface area contributed by atoms with Gasteiger partial charge in [-0.05, 0) is 83.5 Å². The number of carbonyl (C=O) groups excluding carboxylic acids is 2. The van der Waals surface area contributed by atoms with Crippen LogP contribution in [0.2, 0.25) is 0 Å². The number of amides is 1. The summed E-state index contributed by atoms with van der Waals surface area (Å²) in [5.41, 5.74) is 0. The second-order valence-corrected chi connectivity index (χ2v) is 23.5. The van der Waals surface area contributed by atoms with E-state index in [9.17, 15) is 19.8 Å². The first-order valence-corrected chi connectivity index (χ1v) is 34.2. The van der Waals surface area contributed by atoms with E-state index in [-0.39, 0.29) is 18.5 Å². The molecule has 0 saturated heterocycles. The van der Waals surface area contributed by atoms with Crippen LogP contribution in [0.15, 0.2) is 36.5 Å². The van der Waals surface area contributed by atoms with Crippen molar-refractivity contribution in [3.05, 3.63) is 36.5 Å². The Morgan fingerprint density at radius 2 is 0.658 bits per heavy atom. The van der Waals surface area contributed by atoms with E-state index in [4.69, 9.17) is 4.74 Å². The molecule has 6 nitrogen and oxygen atoms in total. The molecule has 0 aromatic rings. The molecule has 0 saturated carbocycles. The Morgan fingerprint density at radius 1 is 0.368 bits per heavy atom. The normalized spacial score (nSPS) is 12.7. The number of aliphatic hydroxyl groups excluding tert-OH is 2. The minimum absolute atomic E-state index is 0.00642. The van der Waals surface area contributed by atoms with Crippen LogP contribution in [-0.4, -0.2) is 47.4 Å². The lowest BCUT2D eigenvalue weighted by Crippen LogP contribution is -2.45. The van der Waals surface area contributed by atoms with Gasteiger partial charge >= 0.3 is 5.97 Å². The van der Waals surface area contributed by atoms with Crippen molar-refractivity contribution < 1.29 is 24.5 Å². The van der Waals surface area contributed by atoms with E-state index in [0.717, 1.165) is 51.4 Å². The molecule has 0 aliphatic carbocycles. The molecule has 3 N–H and O–H groups in total. The van der Waals surface area contributed by atoms with Gasteiger partial charge in [0.2, 0.25) is 5.91 Å². The third kappa shape index (κ3) is 61.3. The van der Waals surface area contributed by atoms with Crippen molar-refractivity contribution >= 4 is 11.9 Å². The molecule has 0 aromatic carbocycles. The zero-order valence-corrected chi connectivity index (χ0v) is 51.3. The van der Waals surface area contributed by atoms with Gasteiger partial charge in [-0.2, -0.15) is 0 Å². The van der Waals surface area contributed by atoms with Crippen LogP contribution in [0, 0.1) is 0 Å². The summed E-state index contributed by atoms with van der Waals surface area (Å²) in [5.74, 6) is -0.0264.